The van der Waals surface area contributed by atoms with Gasteiger partial charge in [0.1, 0.15) is 30.3 Å². The molecule has 0 spiro atoms. The first kappa shape index (κ1) is 29.1. The summed E-state index contributed by atoms with van der Waals surface area (Å²) in [7, 11) is 0. The van der Waals surface area contributed by atoms with Gasteiger partial charge in [-0.05, 0) is 78.1 Å². The molecular formula is C33H33ClFN5O3. The lowest BCUT2D eigenvalue weighted by Gasteiger charge is -2.31. The number of ether oxygens (including phenoxy) is 1. The van der Waals surface area contributed by atoms with Gasteiger partial charge < -0.3 is 29.7 Å². The highest BCUT2D eigenvalue weighted by Gasteiger charge is 2.19. The molecular weight excluding hydrogens is 569 g/mol. The molecule has 43 heavy (non-hydrogen) atoms. The molecule has 3 aromatic carbocycles. The number of anilines is 2. The maximum atomic E-state index is 13.5. The van der Waals surface area contributed by atoms with Crippen LogP contribution in [0.4, 0.5) is 15.9 Å². The minimum atomic E-state index is -0.499. The molecule has 3 heterocycles. The molecule has 0 aliphatic carbocycles. The van der Waals surface area contributed by atoms with Gasteiger partial charge in [-0.1, -0.05) is 29.8 Å². The van der Waals surface area contributed by atoms with Gasteiger partial charge in [-0.3, -0.25) is 0 Å². The third kappa shape index (κ3) is 7.32. The number of piperidine rings is 1. The highest BCUT2D eigenvalue weighted by Crippen LogP contribution is 2.32. The topological polar surface area (TPSA) is 95.7 Å². The number of rotatable bonds is 10. The van der Waals surface area contributed by atoms with Crippen molar-refractivity contribution in [3.8, 4) is 16.9 Å². The van der Waals surface area contributed by atoms with Crippen molar-refractivity contribution in [3.63, 3.8) is 0 Å². The number of β-amino-alcohol motifs (C(OH)–C–C–N with tert-alkyl or cyclic N) is 1. The van der Waals surface area contributed by atoms with E-state index in [2.05, 4.69) is 20.2 Å². The summed E-state index contributed by atoms with van der Waals surface area (Å²) in [5, 5.41) is 25.0. The van der Waals surface area contributed by atoms with E-state index in [4.69, 9.17) is 16.3 Å². The summed E-state index contributed by atoms with van der Waals surface area (Å²) >= 11 is 6.51. The number of aliphatic hydroxyl groups excluding tert-OH is 2. The quantitative estimate of drug-likeness (QED) is 0.180. The average molecular weight is 602 g/mol. The molecule has 1 aliphatic heterocycles. The normalized spacial score (nSPS) is 15.1. The fraction of sp³-hybridized carbons (Fsp3) is 0.273. The van der Waals surface area contributed by atoms with Crippen LogP contribution in [0.25, 0.3) is 22.0 Å². The van der Waals surface area contributed by atoms with E-state index in [0.717, 1.165) is 53.6 Å². The molecule has 0 saturated carbocycles. The Kier molecular flexibility index (Phi) is 8.85. The van der Waals surface area contributed by atoms with E-state index in [-0.39, 0.29) is 18.5 Å². The van der Waals surface area contributed by atoms with E-state index < -0.39 is 6.10 Å². The number of aromatic nitrogens is 3. The lowest BCUT2D eigenvalue weighted by molar-refractivity contribution is 0.0459. The first-order valence-electron chi connectivity index (χ1n) is 14.3. The van der Waals surface area contributed by atoms with Crippen LogP contribution in [0.5, 0.6) is 5.75 Å². The third-order valence-corrected chi connectivity index (χ3v) is 7.94. The molecule has 1 fully saturated rings. The predicted octanol–water partition coefficient (Wildman–Crippen LogP) is 6.03. The molecule has 0 radical (unpaired) electrons. The monoisotopic (exact) mass is 601 g/mol. The van der Waals surface area contributed by atoms with Crippen molar-refractivity contribution in [2.45, 2.75) is 38.2 Å². The van der Waals surface area contributed by atoms with Gasteiger partial charge in [-0.25, -0.2) is 14.4 Å². The highest BCUT2D eigenvalue weighted by molar-refractivity contribution is 6.32. The van der Waals surface area contributed by atoms with Crippen molar-refractivity contribution < 1.29 is 19.3 Å². The van der Waals surface area contributed by atoms with E-state index >= 15 is 0 Å². The zero-order valence-corrected chi connectivity index (χ0v) is 24.3. The largest absolute Gasteiger partial charge is 0.487 e. The maximum absolute atomic E-state index is 13.5. The van der Waals surface area contributed by atoms with Gasteiger partial charge in [0.15, 0.2) is 0 Å². The number of nitrogens with zero attached hydrogens (tertiary/aromatic N) is 4. The molecule has 5 aromatic rings. The lowest BCUT2D eigenvalue weighted by atomic mass is 10.1. The first-order valence-corrected chi connectivity index (χ1v) is 14.7. The summed E-state index contributed by atoms with van der Waals surface area (Å²) in [6.45, 7) is 2.91. The minimum Gasteiger partial charge on any atom is -0.487 e. The molecule has 8 nitrogen and oxygen atoms in total. The van der Waals surface area contributed by atoms with Crippen LogP contribution in [0.2, 0.25) is 5.02 Å². The molecule has 0 unspecified atom stereocenters. The molecule has 2 aromatic heterocycles. The second-order valence-corrected chi connectivity index (χ2v) is 11.3. The maximum Gasteiger partial charge on any atom is 0.141 e. The molecule has 0 bridgehead atoms. The van der Waals surface area contributed by atoms with Crippen molar-refractivity contribution in [2.24, 2.45) is 0 Å². The average Bonchev–Trinajstić information content (AvgIpc) is 3.46. The second-order valence-electron chi connectivity index (χ2n) is 10.9. The number of aliphatic hydroxyl groups is 2. The van der Waals surface area contributed by atoms with E-state index in [1.807, 2.05) is 47.3 Å². The number of fused-ring (bicyclic) bond motifs is 1. The van der Waals surface area contributed by atoms with Crippen LogP contribution in [-0.2, 0) is 13.2 Å². The Balaban J connectivity index is 1.13. The minimum absolute atomic E-state index is 0.202. The van der Waals surface area contributed by atoms with Crippen LogP contribution in [0.3, 0.4) is 0 Å². The molecule has 10 heteroatoms. The molecule has 3 N–H and O–H groups in total. The van der Waals surface area contributed by atoms with Crippen molar-refractivity contribution in [1.29, 1.82) is 0 Å². The summed E-state index contributed by atoms with van der Waals surface area (Å²) in [6, 6.07) is 19.7. The van der Waals surface area contributed by atoms with E-state index in [1.165, 1.54) is 18.5 Å². The van der Waals surface area contributed by atoms with Crippen LogP contribution < -0.4 is 10.1 Å². The van der Waals surface area contributed by atoms with Gasteiger partial charge in [0, 0.05) is 49.6 Å². The van der Waals surface area contributed by atoms with Crippen LogP contribution in [0.15, 0.2) is 85.5 Å². The van der Waals surface area contributed by atoms with Crippen LogP contribution in [0.1, 0.15) is 18.4 Å². The number of likely N-dealkylation sites (tertiary alicyclic amines) is 1. The van der Waals surface area contributed by atoms with Crippen molar-refractivity contribution in [3.05, 3.63) is 102 Å². The van der Waals surface area contributed by atoms with Gasteiger partial charge in [-0.2, -0.15) is 0 Å². The Morgan fingerprint density at radius 3 is 2.67 bits per heavy atom. The smallest absolute Gasteiger partial charge is 0.141 e. The Bertz CT molecular complexity index is 1710. The zero-order chi connectivity index (χ0) is 29.8. The fourth-order valence-corrected chi connectivity index (χ4v) is 5.62. The Morgan fingerprint density at radius 1 is 1.00 bits per heavy atom. The van der Waals surface area contributed by atoms with E-state index in [0.29, 0.717) is 35.2 Å². The van der Waals surface area contributed by atoms with Gasteiger partial charge in [0.25, 0.3) is 0 Å². The molecule has 222 valence electrons. The Labute approximate surface area is 254 Å². The molecule has 0 amide bonds. The van der Waals surface area contributed by atoms with Crippen molar-refractivity contribution >= 4 is 34.0 Å². The van der Waals surface area contributed by atoms with Gasteiger partial charge in [-0.15, -0.1) is 0 Å². The summed E-state index contributed by atoms with van der Waals surface area (Å²) in [5.74, 6) is 0.822. The van der Waals surface area contributed by atoms with E-state index in [9.17, 15) is 14.6 Å². The van der Waals surface area contributed by atoms with Crippen LogP contribution in [-0.4, -0.2) is 61.5 Å². The van der Waals surface area contributed by atoms with Crippen molar-refractivity contribution in [1.82, 2.24) is 19.4 Å². The Morgan fingerprint density at radius 2 is 1.86 bits per heavy atom. The molecule has 6 rings (SSSR count). The number of nitrogens with one attached hydrogen (secondary N) is 1. The predicted molar refractivity (Wildman–Crippen MR) is 166 cm³/mol. The van der Waals surface area contributed by atoms with Crippen molar-refractivity contribution in [2.75, 3.05) is 25.0 Å². The van der Waals surface area contributed by atoms with Gasteiger partial charge >= 0.3 is 0 Å². The SMILES string of the molecule is OC1CCN(C[C@H](O)Cn2ccc(-c3ccc4ncnc(Nc5ccc(OCc6cccc(F)c6)c(Cl)c5)c4c3)c2)CC1. The Hall–Kier alpha value is -4.02. The zero-order valence-electron chi connectivity index (χ0n) is 23.5. The summed E-state index contributed by atoms with van der Waals surface area (Å²) in [5.41, 5.74) is 4.27. The number of halogens is 2. The van der Waals surface area contributed by atoms with Gasteiger partial charge in [0.2, 0.25) is 0 Å². The summed E-state index contributed by atoms with van der Waals surface area (Å²) in [4.78, 5) is 11.1. The second kappa shape index (κ2) is 13.1. The molecule has 1 aliphatic rings. The van der Waals surface area contributed by atoms with E-state index in [1.54, 1.807) is 24.3 Å². The van der Waals surface area contributed by atoms with Gasteiger partial charge in [0.05, 0.1) is 22.7 Å². The summed E-state index contributed by atoms with van der Waals surface area (Å²) < 4.78 is 21.3. The number of benzene rings is 3. The highest BCUT2D eigenvalue weighted by atomic mass is 35.5. The lowest BCUT2D eigenvalue weighted by Crippen LogP contribution is -2.41. The molecule has 1 saturated heterocycles. The standard InChI is InChI=1S/C33H33ClFN5O3/c34-30-16-26(5-7-32(30)43-20-22-2-1-3-25(35)14-22)38-33-29-15-23(4-6-31(29)36-21-37-33)24-8-11-40(17-24)19-28(42)18-39-12-9-27(41)10-13-39/h1-8,11,14-17,21,27-28,41-42H,9-10,12-13,18-20H2,(H,36,37,38)/t28-/m0/s1. The molecule has 1 atom stereocenters. The third-order valence-electron chi connectivity index (χ3n) is 7.64. The summed E-state index contributed by atoms with van der Waals surface area (Å²) in [6.07, 6.45) is 6.32. The number of hydrogen-bond acceptors (Lipinski definition) is 7. The van der Waals surface area contributed by atoms with Crippen LogP contribution in [0, 0.1) is 5.82 Å². The fourth-order valence-electron chi connectivity index (χ4n) is 5.38. The van der Waals surface area contributed by atoms with Crippen LogP contribution >= 0.6 is 11.6 Å². The number of hydrogen-bond donors (Lipinski definition) is 3. The first-order chi connectivity index (χ1) is 20.9.